The molecule has 2 aromatic heterocycles. The highest BCUT2D eigenvalue weighted by atomic mass is 14.8. The van der Waals surface area contributed by atoms with Crippen LogP contribution in [0.15, 0.2) is 140 Å². The average molecular weight is 558 g/mol. The van der Waals surface area contributed by atoms with Gasteiger partial charge in [-0.15, -0.1) is 0 Å². The molecule has 0 aliphatic carbocycles. The van der Waals surface area contributed by atoms with Gasteiger partial charge in [-0.3, -0.25) is 0 Å². The van der Waals surface area contributed by atoms with Crippen molar-refractivity contribution in [1.29, 1.82) is 0 Å². The van der Waals surface area contributed by atoms with E-state index in [0.717, 1.165) is 28.1 Å². The van der Waals surface area contributed by atoms with E-state index in [1.807, 2.05) is 12.4 Å². The van der Waals surface area contributed by atoms with Crippen LogP contribution in [0.2, 0.25) is 0 Å². The maximum Gasteiger partial charge on any atom is 0.115 e. The van der Waals surface area contributed by atoms with Crippen LogP contribution in [0, 0.1) is 0 Å². The predicted molar refractivity (Wildman–Crippen MR) is 184 cm³/mol. The average Bonchev–Trinajstić information content (AvgIpc) is 3.09. The summed E-state index contributed by atoms with van der Waals surface area (Å²) in [6.07, 6.45) is 5.26. The highest BCUT2D eigenvalue weighted by molar-refractivity contribution is 6.27. The highest BCUT2D eigenvalue weighted by Gasteiger charge is 2.18. The Morgan fingerprint density at radius 1 is 0.364 bits per heavy atom. The zero-order valence-corrected chi connectivity index (χ0v) is 23.6. The summed E-state index contributed by atoms with van der Waals surface area (Å²) in [5.41, 5.74) is 6.12. The highest BCUT2D eigenvalue weighted by Crippen LogP contribution is 2.43. The van der Waals surface area contributed by atoms with Crippen LogP contribution in [0.1, 0.15) is 0 Å². The van der Waals surface area contributed by atoms with E-state index in [0.29, 0.717) is 0 Å². The van der Waals surface area contributed by atoms with Crippen LogP contribution >= 0.6 is 0 Å². The van der Waals surface area contributed by atoms with Crippen molar-refractivity contribution in [1.82, 2.24) is 15.0 Å². The van der Waals surface area contributed by atoms with Crippen molar-refractivity contribution in [2.75, 3.05) is 0 Å². The molecule has 10 rings (SSSR count). The van der Waals surface area contributed by atoms with Gasteiger partial charge >= 0.3 is 0 Å². The molecule has 0 unspecified atom stereocenters. The summed E-state index contributed by atoms with van der Waals surface area (Å²) in [5.74, 6) is 0. The zero-order chi connectivity index (χ0) is 28.8. The summed E-state index contributed by atoms with van der Waals surface area (Å²) in [5, 5.41) is 15.2. The lowest BCUT2D eigenvalue weighted by molar-refractivity contribution is 1.16. The number of hydrogen-bond acceptors (Lipinski definition) is 3. The molecule has 10 aromatic rings. The first kappa shape index (κ1) is 23.6. The first-order valence-corrected chi connectivity index (χ1v) is 14.9. The third kappa shape index (κ3) is 3.29. The van der Waals surface area contributed by atoms with Gasteiger partial charge in [-0.1, -0.05) is 103 Å². The lowest BCUT2D eigenvalue weighted by Crippen LogP contribution is -1.95. The fraction of sp³-hybridized carbons (Fsp3) is 0. The second kappa shape index (κ2) is 8.79. The number of rotatable bonds is 3. The molecule has 0 saturated carbocycles. The summed E-state index contributed by atoms with van der Waals surface area (Å²) in [6.45, 7) is 0. The number of pyridine rings is 1. The maximum absolute atomic E-state index is 5.28. The Labute approximate surface area is 252 Å². The van der Waals surface area contributed by atoms with E-state index < -0.39 is 0 Å². The lowest BCUT2D eigenvalue weighted by atomic mass is 9.88. The number of nitrogens with zero attached hydrogens (tertiary/aromatic N) is 3. The van der Waals surface area contributed by atoms with Gasteiger partial charge in [-0.05, 0) is 94.0 Å². The van der Waals surface area contributed by atoms with Crippen molar-refractivity contribution in [3.63, 3.8) is 0 Å². The molecule has 0 radical (unpaired) electrons. The summed E-state index contributed by atoms with van der Waals surface area (Å²) in [7, 11) is 0. The Morgan fingerprint density at radius 3 is 1.61 bits per heavy atom. The molecular weight excluding hydrogens is 534 g/mol. The van der Waals surface area contributed by atoms with Gasteiger partial charge in [0.05, 0.1) is 11.4 Å². The van der Waals surface area contributed by atoms with Crippen molar-refractivity contribution in [3.8, 4) is 33.6 Å². The van der Waals surface area contributed by atoms with E-state index in [1.54, 1.807) is 6.33 Å². The zero-order valence-electron chi connectivity index (χ0n) is 23.6. The predicted octanol–water partition coefficient (Wildman–Crippen LogP) is 10.7. The molecule has 0 N–H and O–H groups in total. The van der Waals surface area contributed by atoms with Crippen LogP contribution < -0.4 is 0 Å². The topological polar surface area (TPSA) is 38.7 Å². The fourth-order valence-corrected chi connectivity index (χ4v) is 7.36. The van der Waals surface area contributed by atoms with Gasteiger partial charge in [0.15, 0.2) is 0 Å². The molecule has 0 bridgehead atoms. The van der Waals surface area contributed by atoms with Gasteiger partial charge in [-0.2, -0.15) is 0 Å². The minimum atomic E-state index is 0.855. The Hall–Kier alpha value is -5.93. The quantitative estimate of drug-likeness (QED) is 0.203. The molecule has 0 amide bonds. The molecule has 0 atom stereocenters. The van der Waals surface area contributed by atoms with E-state index in [9.17, 15) is 0 Å². The molecule has 202 valence electrons. The molecular formula is C41H23N3. The van der Waals surface area contributed by atoms with Crippen LogP contribution in [0.25, 0.3) is 98.3 Å². The molecule has 0 saturated heterocycles. The monoisotopic (exact) mass is 557 g/mol. The van der Waals surface area contributed by atoms with E-state index in [1.165, 1.54) is 70.2 Å². The Balaban J connectivity index is 1.31. The molecule has 8 aromatic carbocycles. The summed E-state index contributed by atoms with van der Waals surface area (Å²) in [4.78, 5) is 13.9. The van der Waals surface area contributed by atoms with Gasteiger partial charge in [-0.25, -0.2) is 15.0 Å². The molecule has 0 fully saturated rings. The fourth-order valence-electron chi connectivity index (χ4n) is 7.36. The third-order valence-electron chi connectivity index (χ3n) is 9.31. The molecule has 3 heteroatoms. The minimum Gasteiger partial charge on any atom is -0.248 e. The van der Waals surface area contributed by atoms with E-state index in [2.05, 4.69) is 131 Å². The van der Waals surface area contributed by atoms with Crippen molar-refractivity contribution in [2.45, 2.75) is 0 Å². The number of aromatic nitrogens is 3. The van der Waals surface area contributed by atoms with E-state index in [-0.39, 0.29) is 0 Å². The minimum absolute atomic E-state index is 0.855. The second-order valence-electron chi connectivity index (χ2n) is 11.7. The molecule has 2 heterocycles. The molecule has 0 aliphatic heterocycles. The van der Waals surface area contributed by atoms with Gasteiger partial charge in [0.25, 0.3) is 0 Å². The van der Waals surface area contributed by atoms with Gasteiger partial charge in [0.2, 0.25) is 0 Å². The standard InChI is InChI=1S/C41H23N3/c1-4-24-11-13-28-14-16-32(34-17-15-26(5-1)38(24)41(28)34)37-20-30(19-36(44-37)31-21-42-23-43-22-31)35-18-29-8-2-6-25-10-12-27-7-3-9-33(35)40(27)39(25)29/h1-23H. The number of hydrogen-bond donors (Lipinski definition) is 0. The smallest absolute Gasteiger partial charge is 0.115 e. The number of benzene rings is 8. The SMILES string of the molecule is c1cc2ccc3cccc4c(-c5cc(-c6cncnc6)nc(-c6ccc7ccc8cccc9ccc6c7c89)c5)cc(c1)c2c34. The van der Waals surface area contributed by atoms with Crippen molar-refractivity contribution in [3.05, 3.63) is 140 Å². The van der Waals surface area contributed by atoms with Crippen LogP contribution in [0.4, 0.5) is 0 Å². The van der Waals surface area contributed by atoms with Gasteiger partial charge < -0.3 is 0 Å². The molecule has 0 aliphatic rings. The maximum atomic E-state index is 5.28. The summed E-state index contributed by atoms with van der Waals surface area (Å²) >= 11 is 0. The Morgan fingerprint density at radius 2 is 0.886 bits per heavy atom. The van der Waals surface area contributed by atoms with Crippen LogP contribution in [0.5, 0.6) is 0 Å². The largest absolute Gasteiger partial charge is 0.248 e. The first-order valence-electron chi connectivity index (χ1n) is 14.9. The third-order valence-corrected chi connectivity index (χ3v) is 9.31. The molecule has 0 spiro atoms. The second-order valence-corrected chi connectivity index (χ2v) is 11.7. The molecule has 44 heavy (non-hydrogen) atoms. The first-order chi connectivity index (χ1) is 21.8. The Bertz CT molecular complexity index is 2690. The summed E-state index contributed by atoms with van der Waals surface area (Å²) < 4.78 is 0. The van der Waals surface area contributed by atoms with Crippen LogP contribution in [-0.2, 0) is 0 Å². The van der Waals surface area contributed by atoms with E-state index >= 15 is 0 Å². The lowest BCUT2D eigenvalue weighted by Gasteiger charge is -2.17. The van der Waals surface area contributed by atoms with Gasteiger partial charge in [0, 0.05) is 23.5 Å². The van der Waals surface area contributed by atoms with Crippen LogP contribution in [0.3, 0.4) is 0 Å². The molecule has 3 nitrogen and oxygen atoms in total. The normalized spacial score (nSPS) is 12.1. The Kier molecular flexibility index (Phi) is 4.72. The van der Waals surface area contributed by atoms with Crippen molar-refractivity contribution >= 4 is 64.6 Å². The van der Waals surface area contributed by atoms with Crippen molar-refractivity contribution in [2.24, 2.45) is 0 Å². The van der Waals surface area contributed by atoms with E-state index in [4.69, 9.17) is 4.98 Å². The van der Waals surface area contributed by atoms with Crippen molar-refractivity contribution < 1.29 is 0 Å². The van der Waals surface area contributed by atoms with Crippen LogP contribution in [-0.4, -0.2) is 15.0 Å². The summed E-state index contributed by atoms with van der Waals surface area (Å²) in [6, 6.07) is 44.5. The van der Waals surface area contributed by atoms with Gasteiger partial charge in [0.1, 0.15) is 6.33 Å².